The van der Waals surface area contributed by atoms with Crippen LogP contribution >= 0.6 is 11.6 Å². The van der Waals surface area contributed by atoms with Gasteiger partial charge in [0.1, 0.15) is 11.4 Å². The minimum Gasteiger partial charge on any atom is -0.497 e. The molecular formula is C19H19ClN2O3. The number of aryl methyl sites for hydroxylation is 1. The van der Waals surface area contributed by atoms with Crippen molar-refractivity contribution in [3.8, 4) is 5.75 Å². The van der Waals surface area contributed by atoms with Crippen LogP contribution in [-0.4, -0.2) is 24.6 Å². The van der Waals surface area contributed by atoms with Gasteiger partial charge < -0.3 is 14.6 Å². The number of hydrogen-bond donors (Lipinski definition) is 1. The number of methoxy groups -OCH3 is 1. The van der Waals surface area contributed by atoms with Crippen LogP contribution < -0.4 is 9.80 Å². The van der Waals surface area contributed by atoms with Gasteiger partial charge in [0, 0.05) is 21.6 Å². The van der Waals surface area contributed by atoms with Crippen LogP contribution in [0.5, 0.6) is 5.75 Å². The zero-order chi connectivity index (χ0) is 18.0. The largest absolute Gasteiger partial charge is 0.497 e. The SMILES string of the molecule is CCN(OC(=O)c1ccc(Cl)cc1)c1c(C)[nH]c2ccc(OC)cc12. The average molecular weight is 359 g/mol. The summed E-state index contributed by atoms with van der Waals surface area (Å²) >= 11 is 5.87. The van der Waals surface area contributed by atoms with Crippen molar-refractivity contribution in [2.45, 2.75) is 13.8 Å². The number of aromatic nitrogens is 1. The van der Waals surface area contributed by atoms with Crippen molar-refractivity contribution in [1.29, 1.82) is 0 Å². The maximum Gasteiger partial charge on any atom is 0.363 e. The molecule has 3 aromatic rings. The molecule has 0 amide bonds. The maximum absolute atomic E-state index is 12.4. The van der Waals surface area contributed by atoms with Gasteiger partial charge in [-0.3, -0.25) is 0 Å². The zero-order valence-corrected chi connectivity index (χ0v) is 15.1. The number of hydrogen-bond acceptors (Lipinski definition) is 4. The van der Waals surface area contributed by atoms with Gasteiger partial charge in [-0.1, -0.05) is 11.6 Å². The number of benzene rings is 2. The van der Waals surface area contributed by atoms with Gasteiger partial charge in [-0.25, -0.2) is 9.86 Å². The lowest BCUT2D eigenvalue weighted by molar-refractivity contribution is 0.0457. The van der Waals surface area contributed by atoms with Crippen LogP contribution in [0.1, 0.15) is 23.0 Å². The van der Waals surface area contributed by atoms with E-state index in [1.807, 2.05) is 32.0 Å². The molecule has 0 bridgehead atoms. The molecule has 0 aliphatic heterocycles. The summed E-state index contributed by atoms with van der Waals surface area (Å²) in [5.41, 5.74) is 3.12. The van der Waals surface area contributed by atoms with E-state index in [1.165, 1.54) is 0 Å². The number of carbonyl (C=O) groups excluding carboxylic acids is 1. The van der Waals surface area contributed by atoms with Gasteiger partial charge in [0.25, 0.3) is 0 Å². The summed E-state index contributed by atoms with van der Waals surface area (Å²) in [4.78, 5) is 21.4. The first-order chi connectivity index (χ1) is 12.0. The molecule has 130 valence electrons. The van der Waals surface area contributed by atoms with E-state index < -0.39 is 5.97 Å². The molecule has 0 aliphatic carbocycles. The van der Waals surface area contributed by atoms with Crippen LogP contribution in [0.3, 0.4) is 0 Å². The summed E-state index contributed by atoms with van der Waals surface area (Å²) in [7, 11) is 1.62. The molecule has 0 unspecified atom stereocenters. The third-order valence-corrected chi connectivity index (χ3v) is 4.22. The molecule has 6 heteroatoms. The first-order valence-corrected chi connectivity index (χ1v) is 8.33. The third-order valence-electron chi connectivity index (χ3n) is 3.97. The quantitative estimate of drug-likeness (QED) is 0.669. The van der Waals surface area contributed by atoms with Crippen LogP contribution in [0.2, 0.25) is 5.02 Å². The molecule has 0 saturated carbocycles. The fourth-order valence-electron chi connectivity index (χ4n) is 2.75. The highest BCUT2D eigenvalue weighted by molar-refractivity contribution is 6.30. The molecule has 1 heterocycles. The minimum atomic E-state index is -0.435. The van der Waals surface area contributed by atoms with Gasteiger partial charge in [-0.05, 0) is 56.3 Å². The number of carbonyl (C=O) groups is 1. The summed E-state index contributed by atoms with van der Waals surface area (Å²) in [6.45, 7) is 4.37. The van der Waals surface area contributed by atoms with Gasteiger partial charge in [-0.15, -0.1) is 0 Å². The zero-order valence-electron chi connectivity index (χ0n) is 14.3. The van der Waals surface area contributed by atoms with Crippen molar-refractivity contribution in [2.24, 2.45) is 0 Å². The standard InChI is InChI=1S/C19H19ClN2O3/c1-4-22(25-19(23)13-5-7-14(20)8-6-13)18-12(2)21-17-10-9-15(24-3)11-16(17)18/h5-11,21H,4H2,1-3H3. The first kappa shape index (κ1) is 17.2. The van der Waals surface area contributed by atoms with Crippen LogP contribution in [0.25, 0.3) is 10.9 Å². The molecule has 0 aliphatic rings. The van der Waals surface area contributed by atoms with E-state index in [0.717, 1.165) is 28.0 Å². The molecule has 5 nitrogen and oxygen atoms in total. The monoisotopic (exact) mass is 358 g/mol. The van der Waals surface area contributed by atoms with E-state index in [2.05, 4.69) is 4.98 Å². The highest BCUT2D eigenvalue weighted by atomic mass is 35.5. The van der Waals surface area contributed by atoms with Crippen LogP contribution in [0.4, 0.5) is 5.69 Å². The Labute approximate surface area is 151 Å². The number of fused-ring (bicyclic) bond motifs is 1. The lowest BCUT2D eigenvalue weighted by Crippen LogP contribution is -2.27. The minimum absolute atomic E-state index is 0.435. The van der Waals surface area contributed by atoms with Gasteiger partial charge >= 0.3 is 5.97 Å². The fraction of sp³-hybridized carbons (Fsp3) is 0.211. The van der Waals surface area contributed by atoms with Gasteiger partial charge in [-0.2, -0.15) is 0 Å². The number of nitrogens with zero attached hydrogens (tertiary/aromatic N) is 1. The topological polar surface area (TPSA) is 54.6 Å². The smallest absolute Gasteiger partial charge is 0.363 e. The first-order valence-electron chi connectivity index (χ1n) is 7.95. The number of anilines is 1. The molecule has 2 aromatic carbocycles. The molecule has 1 N–H and O–H groups in total. The normalized spacial score (nSPS) is 10.7. The number of aromatic amines is 1. The Morgan fingerprint density at radius 3 is 2.56 bits per heavy atom. The van der Waals surface area contributed by atoms with Crippen molar-refractivity contribution < 1.29 is 14.4 Å². The second-order valence-corrected chi connectivity index (χ2v) is 6.03. The van der Waals surface area contributed by atoms with Crippen molar-refractivity contribution in [3.05, 3.63) is 58.7 Å². The lowest BCUT2D eigenvalue weighted by Gasteiger charge is -2.22. The van der Waals surface area contributed by atoms with Crippen LogP contribution in [0, 0.1) is 6.92 Å². The summed E-state index contributed by atoms with van der Waals surface area (Å²) in [6, 6.07) is 12.4. The van der Waals surface area contributed by atoms with Gasteiger partial charge in [0.05, 0.1) is 19.2 Å². The van der Waals surface area contributed by atoms with E-state index in [9.17, 15) is 4.79 Å². The van der Waals surface area contributed by atoms with Crippen molar-refractivity contribution in [1.82, 2.24) is 4.98 Å². The number of hydroxylamine groups is 1. The number of H-pyrrole nitrogens is 1. The molecule has 1 aromatic heterocycles. The van der Waals surface area contributed by atoms with E-state index in [0.29, 0.717) is 17.1 Å². The Kier molecular flexibility index (Phi) is 4.86. The number of ether oxygens (including phenoxy) is 1. The molecule has 0 fully saturated rings. The van der Waals surface area contributed by atoms with E-state index >= 15 is 0 Å². The summed E-state index contributed by atoms with van der Waals surface area (Å²) in [6.07, 6.45) is 0. The molecule has 0 atom stereocenters. The molecule has 0 radical (unpaired) electrons. The van der Waals surface area contributed by atoms with Crippen molar-refractivity contribution in [2.75, 3.05) is 18.7 Å². The highest BCUT2D eigenvalue weighted by Crippen LogP contribution is 2.33. The molecule has 3 rings (SSSR count). The predicted molar refractivity (Wildman–Crippen MR) is 99.5 cm³/mol. The Morgan fingerprint density at radius 2 is 1.92 bits per heavy atom. The number of rotatable bonds is 5. The highest BCUT2D eigenvalue weighted by Gasteiger charge is 2.20. The summed E-state index contributed by atoms with van der Waals surface area (Å²) < 4.78 is 5.31. The van der Waals surface area contributed by atoms with E-state index in [-0.39, 0.29) is 0 Å². The molecule has 0 saturated heterocycles. The van der Waals surface area contributed by atoms with Crippen molar-refractivity contribution in [3.63, 3.8) is 0 Å². The molecule has 0 spiro atoms. The van der Waals surface area contributed by atoms with E-state index in [4.69, 9.17) is 21.2 Å². The summed E-state index contributed by atoms with van der Waals surface area (Å²) in [5, 5.41) is 3.09. The average Bonchev–Trinajstić information content (AvgIpc) is 2.95. The Balaban J connectivity index is 1.95. The maximum atomic E-state index is 12.4. The Bertz CT molecular complexity index is 903. The van der Waals surface area contributed by atoms with Crippen LogP contribution in [-0.2, 0) is 4.84 Å². The lowest BCUT2D eigenvalue weighted by atomic mass is 10.2. The van der Waals surface area contributed by atoms with E-state index in [1.54, 1.807) is 36.4 Å². The second-order valence-electron chi connectivity index (χ2n) is 5.59. The number of nitrogens with one attached hydrogen (secondary N) is 1. The third kappa shape index (κ3) is 3.42. The molecular weight excluding hydrogens is 340 g/mol. The molecule has 25 heavy (non-hydrogen) atoms. The Hall–Kier alpha value is -2.66. The van der Waals surface area contributed by atoms with Crippen molar-refractivity contribution >= 4 is 34.2 Å². The predicted octanol–water partition coefficient (Wildman–Crippen LogP) is 4.74. The van der Waals surface area contributed by atoms with Crippen LogP contribution in [0.15, 0.2) is 42.5 Å². The van der Waals surface area contributed by atoms with Gasteiger partial charge in [0.2, 0.25) is 0 Å². The Morgan fingerprint density at radius 1 is 1.20 bits per heavy atom. The summed E-state index contributed by atoms with van der Waals surface area (Å²) in [5.74, 6) is 0.308. The second kappa shape index (κ2) is 7.07. The number of halogens is 1. The van der Waals surface area contributed by atoms with Gasteiger partial charge in [0.15, 0.2) is 0 Å². The fourth-order valence-corrected chi connectivity index (χ4v) is 2.87.